The first-order valence-corrected chi connectivity index (χ1v) is 9.56. The predicted octanol–water partition coefficient (Wildman–Crippen LogP) is 4.58. The molecule has 0 saturated heterocycles. The van der Waals surface area contributed by atoms with Gasteiger partial charge in [-0.2, -0.15) is 23.5 Å². The number of aryl methyl sites for hydroxylation is 1. The van der Waals surface area contributed by atoms with Gasteiger partial charge in [-0.25, -0.2) is 4.68 Å². The smallest absolute Gasteiger partial charge is 0.341 e. The zero-order valence-corrected chi connectivity index (χ0v) is 17.4. The number of rotatable bonds is 5. The normalized spacial score (nSPS) is 11.3. The minimum absolute atomic E-state index is 0.0867. The van der Waals surface area contributed by atoms with Gasteiger partial charge in [-0.1, -0.05) is 18.2 Å². The number of aromatic nitrogens is 2. The SMILES string of the molecule is Cc1nn(-c2cccc(C(F)(F)F)c2)c(C)c1CC(=O)N(C)Cc1ccc(C#N)cc1. The van der Waals surface area contributed by atoms with Crippen LogP contribution in [0, 0.1) is 25.2 Å². The van der Waals surface area contributed by atoms with Crippen LogP contribution in [0.15, 0.2) is 48.5 Å². The Morgan fingerprint density at radius 1 is 1.16 bits per heavy atom. The summed E-state index contributed by atoms with van der Waals surface area (Å²) in [5.74, 6) is -0.140. The molecule has 0 fully saturated rings. The van der Waals surface area contributed by atoms with E-state index in [2.05, 4.69) is 11.2 Å². The van der Waals surface area contributed by atoms with Crippen LogP contribution in [-0.4, -0.2) is 27.6 Å². The van der Waals surface area contributed by atoms with Crippen LogP contribution in [0.1, 0.15) is 33.6 Å². The fourth-order valence-corrected chi connectivity index (χ4v) is 3.33. The lowest BCUT2D eigenvalue weighted by molar-refractivity contribution is -0.137. The van der Waals surface area contributed by atoms with Gasteiger partial charge in [0.05, 0.1) is 35.0 Å². The number of likely N-dealkylation sites (N-methyl/N-ethyl adjacent to an activating group) is 1. The van der Waals surface area contributed by atoms with Gasteiger partial charge in [-0.15, -0.1) is 0 Å². The zero-order valence-electron chi connectivity index (χ0n) is 17.4. The van der Waals surface area contributed by atoms with Crippen LogP contribution < -0.4 is 0 Å². The number of hydrogen-bond acceptors (Lipinski definition) is 3. The number of nitriles is 1. The predicted molar refractivity (Wildman–Crippen MR) is 109 cm³/mol. The van der Waals surface area contributed by atoms with E-state index in [1.165, 1.54) is 10.7 Å². The summed E-state index contributed by atoms with van der Waals surface area (Å²) in [6.45, 7) is 3.86. The third kappa shape index (κ3) is 4.94. The Kier molecular flexibility index (Phi) is 6.16. The molecule has 1 amide bonds. The topological polar surface area (TPSA) is 61.9 Å². The summed E-state index contributed by atoms with van der Waals surface area (Å²) >= 11 is 0. The van der Waals surface area contributed by atoms with Crippen molar-refractivity contribution in [1.82, 2.24) is 14.7 Å². The minimum Gasteiger partial charge on any atom is -0.341 e. The molecular weight excluding hydrogens is 405 g/mol. The molecule has 3 rings (SSSR count). The maximum atomic E-state index is 13.1. The molecule has 0 spiro atoms. The fraction of sp³-hybridized carbons (Fsp3) is 0.261. The minimum atomic E-state index is -4.45. The highest BCUT2D eigenvalue weighted by molar-refractivity contribution is 5.79. The van der Waals surface area contributed by atoms with E-state index in [0.717, 1.165) is 17.7 Å². The molecule has 0 unspecified atom stereocenters. The number of carbonyl (C=O) groups is 1. The molecule has 1 heterocycles. The third-order valence-electron chi connectivity index (χ3n) is 5.12. The lowest BCUT2D eigenvalue weighted by atomic mass is 10.1. The first kappa shape index (κ1) is 22.1. The summed E-state index contributed by atoms with van der Waals surface area (Å²) < 4.78 is 40.6. The largest absolute Gasteiger partial charge is 0.416 e. The van der Waals surface area contributed by atoms with E-state index in [1.807, 2.05) is 0 Å². The molecule has 0 radical (unpaired) electrons. The van der Waals surface area contributed by atoms with Crippen LogP contribution in [0.3, 0.4) is 0 Å². The van der Waals surface area contributed by atoms with E-state index in [9.17, 15) is 18.0 Å². The van der Waals surface area contributed by atoms with E-state index in [0.29, 0.717) is 34.7 Å². The molecule has 160 valence electrons. The van der Waals surface area contributed by atoms with Gasteiger partial charge in [-0.05, 0) is 49.7 Å². The zero-order chi connectivity index (χ0) is 22.8. The number of benzene rings is 2. The van der Waals surface area contributed by atoms with Crippen LogP contribution in [0.25, 0.3) is 5.69 Å². The molecule has 0 bridgehead atoms. The quantitative estimate of drug-likeness (QED) is 0.600. The fourth-order valence-electron chi connectivity index (χ4n) is 3.33. The van der Waals surface area contributed by atoms with Gasteiger partial charge in [0.1, 0.15) is 0 Å². The summed E-state index contributed by atoms with van der Waals surface area (Å²) in [6, 6.07) is 14.0. The molecule has 0 aliphatic rings. The first-order valence-electron chi connectivity index (χ1n) is 9.56. The van der Waals surface area contributed by atoms with Crippen molar-refractivity contribution in [2.24, 2.45) is 0 Å². The van der Waals surface area contributed by atoms with E-state index < -0.39 is 11.7 Å². The highest BCUT2D eigenvalue weighted by Crippen LogP contribution is 2.31. The standard InChI is InChI=1S/C23H21F3N4O/c1-15-21(12-22(31)29(3)14-18-9-7-17(13-27)8-10-18)16(2)30(28-15)20-6-4-5-19(11-20)23(24,25)26/h4-11H,12,14H2,1-3H3. The van der Waals surface area contributed by atoms with Crippen molar-refractivity contribution in [3.8, 4) is 11.8 Å². The Morgan fingerprint density at radius 2 is 1.84 bits per heavy atom. The number of nitrogens with zero attached hydrogens (tertiary/aromatic N) is 4. The highest BCUT2D eigenvalue weighted by atomic mass is 19.4. The van der Waals surface area contributed by atoms with Gasteiger partial charge in [0, 0.05) is 24.8 Å². The molecular formula is C23H21F3N4O. The van der Waals surface area contributed by atoms with Crippen molar-refractivity contribution >= 4 is 5.91 Å². The summed E-state index contributed by atoms with van der Waals surface area (Å²) in [5.41, 5.74) is 2.88. The lowest BCUT2D eigenvalue weighted by Gasteiger charge is -2.17. The molecule has 5 nitrogen and oxygen atoms in total. The average molecular weight is 426 g/mol. The number of hydrogen-bond donors (Lipinski definition) is 0. The number of alkyl halides is 3. The van der Waals surface area contributed by atoms with Crippen LogP contribution in [0.5, 0.6) is 0 Å². The number of amides is 1. The molecule has 0 aliphatic heterocycles. The van der Waals surface area contributed by atoms with Crippen LogP contribution >= 0.6 is 0 Å². The highest BCUT2D eigenvalue weighted by Gasteiger charge is 2.31. The van der Waals surface area contributed by atoms with Gasteiger partial charge in [-0.3, -0.25) is 4.79 Å². The maximum absolute atomic E-state index is 13.1. The molecule has 0 aliphatic carbocycles. The molecule has 8 heteroatoms. The van der Waals surface area contributed by atoms with Crippen molar-refractivity contribution < 1.29 is 18.0 Å². The molecule has 0 N–H and O–H groups in total. The van der Waals surface area contributed by atoms with E-state index in [1.54, 1.807) is 56.1 Å². The molecule has 0 atom stereocenters. The monoisotopic (exact) mass is 426 g/mol. The summed E-state index contributed by atoms with van der Waals surface area (Å²) in [4.78, 5) is 14.3. The summed E-state index contributed by atoms with van der Waals surface area (Å²) in [7, 11) is 1.68. The Balaban J connectivity index is 1.79. The third-order valence-corrected chi connectivity index (χ3v) is 5.12. The average Bonchev–Trinajstić information content (AvgIpc) is 3.02. The van der Waals surface area contributed by atoms with Gasteiger partial charge < -0.3 is 4.90 Å². The number of halogens is 3. The van der Waals surface area contributed by atoms with Crippen LogP contribution in [0.4, 0.5) is 13.2 Å². The summed E-state index contributed by atoms with van der Waals surface area (Å²) in [5, 5.41) is 13.2. The molecule has 2 aromatic carbocycles. The van der Waals surface area contributed by atoms with Gasteiger partial charge in [0.2, 0.25) is 5.91 Å². The van der Waals surface area contributed by atoms with E-state index in [4.69, 9.17) is 5.26 Å². The van der Waals surface area contributed by atoms with Gasteiger partial charge >= 0.3 is 6.18 Å². The van der Waals surface area contributed by atoms with Crippen molar-refractivity contribution in [3.63, 3.8) is 0 Å². The molecule has 3 aromatic rings. The van der Waals surface area contributed by atoms with Crippen molar-refractivity contribution in [2.45, 2.75) is 33.0 Å². The van der Waals surface area contributed by atoms with Crippen LogP contribution in [0.2, 0.25) is 0 Å². The van der Waals surface area contributed by atoms with Crippen molar-refractivity contribution in [3.05, 3.63) is 82.2 Å². The van der Waals surface area contributed by atoms with E-state index >= 15 is 0 Å². The Labute approximate surface area is 178 Å². The Bertz CT molecular complexity index is 1140. The van der Waals surface area contributed by atoms with E-state index in [-0.39, 0.29) is 12.3 Å². The summed E-state index contributed by atoms with van der Waals surface area (Å²) in [6.07, 6.45) is -4.36. The molecule has 0 saturated carbocycles. The lowest BCUT2D eigenvalue weighted by Crippen LogP contribution is -2.28. The maximum Gasteiger partial charge on any atom is 0.416 e. The first-order chi connectivity index (χ1) is 14.6. The molecule has 1 aromatic heterocycles. The van der Waals surface area contributed by atoms with Crippen molar-refractivity contribution in [2.75, 3.05) is 7.05 Å². The Hall–Kier alpha value is -3.60. The van der Waals surface area contributed by atoms with Gasteiger partial charge in [0.25, 0.3) is 0 Å². The second kappa shape index (κ2) is 8.64. The van der Waals surface area contributed by atoms with Crippen molar-refractivity contribution in [1.29, 1.82) is 5.26 Å². The second-order valence-electron chi connectivity index (χ2n) is 7.34. The molecule has 31 heavy (non-hydrogen) atoms. The Morgan fingerprint density at radius 3 is 2.45 bits per heavy atom. The second-order valence-corrected chi connectivity index (χ2v) is 7.34. The number of carbonyl (C=O) groups excluding carboxylic acids is 1. The van der Waals surface area contributed by atoms with Gasteiger partial charge in [0.15, 0.2) is 0 Å². The van der Waals surface area contributed by atoms with Crippen LogP contribution in [-0.2, 0) is 23.9 Å².